The highest BCUT2D eigenvalue weighted by molar-refractivity contribution is 5.09. The standard InChI is InChI=1S/C23H37N.6C2H6/c1-2-7-17-15(5-1)8-9-19-18(17)10-11-20-21(19)14-23-22(20)13-16-6-3-4-12-24(16)23;6*1-2/h15-23H,1-14H2;6*1-2H3/t15?,16-,17?,18?,19?,20?,21?,22?,23?;;;;;;/m1....../s1. The van der Waals surface area contributed by atoms with Crippen molar-refractivity contribution in [2.75, 3.05) is 6.54 Å². The normalized spacial score (nSPS) is 38.8. The minimum Gasteiger partial charge on any atom is -0.297 e. The smallest absolute Gasteiger partial charge is 0.0133 e. The molecule has 4 saturated carbocycles. The summed E-state index contributed by atoms with van der Waals surface area (Å²) in [5, 5.41) is 0. The molecule has 8 unspecified atom stereocenters. The zero-order valence-electron chi connectivity index (χ0n) is 27.5. The second-order valence-corrected chi connectivity index (χ2v) is 10.6. The van der Waals surface area contributed by atoms with Gasteiger partial charge in [0, 0.05) is 12.1 Å². The van der Waals surface area contributed by atoms with Gasteiger partial charge in [-0.1, -0.05) is 109 Å². The minimum atomic E-state index is 1.00. The Kier molecular flexibility index (Phi) is 20.8. The highest BCUT2D eigenvalue weighted by atomic mass is 15.2. The van der Waals surface area contributed by atoms with Gasteiger partial charge in [0.25, 0.3) is 0 Å². The van der Waals surface area contributed by atoms with Gasteiger partial charge in [0.05, 0.1) is 0 Å². The van der Waals surface area contributed by atoms with Crippen LogP contribution in [0.3, 0.4) is 0 Å². The summed E-state index contributed by atoms with van der Waals surface area (Å²) < 4.78 is 0. The van der Waals surface area contributed by atoms with E-state index in [0.717, 1.165) is 53.5 Å². The predicted octanol–water partition coefficient (Wildman–Crippen LogP) is 11.6. The maximum Gasteiger partial charge on any atom is 0.0133 e. The minimum absolute atomic E-state index is 1.00. The summed E-state index contributed by atoms with van der Waals surface area (Å²) in [7, 11) is 0. The topological polar surface area (TPSA) is 3.24 Å². The third-order valence-corrected chi connectivity index (χ3v) is 10.1. The molecule has 1 heteroatoms. The zero-order chi connectivity index (χ0) is 27.7. The van der Waals surface area contributed by atoms with Crippen LogP contribution in [0.2, 0.25) is 0 Å². The highest BCUT2D eigenvalue weighted by Gasteiger charge is 2.57. The molecule has 4 aliphatic carbocycles. The van der Waals surface area contributed by atoms with E-state index < -0.39 is 0 Å². The van der Waals surface area contributed by atoms with Gasteiger partial charge >= 0.3 is 0 Å². The summed E-state index contributed by atoms with van der Waals surface area (Å²) in [4.78, 5) is 3.02. The van der Waals surface area contributed by atoms with Crippen LogP contribution >= 0.6 is 0 Å². The Morgan fingerprint density at radius 2 is 0.889 bits per heavy atom. The second-order valence-electron chi connectivity index (χ2n) is 10.6. The number of hydrogen-bond donors (Lipinski definition) is 0. The molecular weight excluding hydrogens is 434 g/mol. The summed E-state index contributed by atoms with van der Waals surface area (Å²) in [5.41, 5.74) is 0. The Balaban J connectivity index is 0.000000908. The first kappa shape index (κ1) is 36.0. The molecule has 1 nitrogen and oxygen atoms in total. The van der Waals surface area contributed by atoms with Gasteiger partial charge in [-0.2, -0.15) is 0 Å². The van der Waals surface area contributed by atoms with Gasteiger partial charge in [0.1, 0.15) is 0 Å². The van der Waals surface area contributed by atoms with E-state index in [1.165, 1.54) is 25.8 Å². The van der Waals surface area contributed by atoms with E-state index in [2.05, 4.69) is 4.90 Å². The molecule has 9 atom stereocenters. The van der Waals surface area contributed by atoms with Crippen LogP contribution in [0.4, 0.5) is 0 Å². The quantitative estimate of drug-likeness (QED) is 0.315. The lowest BCUT2D eigenvalue weighted by Crippen LogP contribution is -2.44. The van der Waals surface area contributed by atoms with Crippen molar-refractivity contribution in [1.29, 1.82) is 0 Å². The van der Waals surface area contributed by atoms with Crippen LogP contribution < -0.4 is 0 Å². The lowest BCUT2D eigenvalue weighted by molar-refractivity contribution is -0.0264. The first-order valence-corrected chi connectivity index (χ1v) is 17.7. The summed E-state index contributed by atoms with van der Waals surface area (Å²) in [6.45, 7) is 25.4. The average molecular weight is 508 g/mol. The molecule has 0 bridgehead atoms. The molecule has 2 aliphatic heterocycles. The van der Waals surface area contributed by atoms with Crippen molar-refractivity contribution in [2.45, 2.75) is 179 Å². The SMILES string of the molecule is C1CCC2C(C1)CCC1C2CCC2C1CC1C2C[C@H]2CCCCN12.CC.CC.CC.CC.CC.CC. The van der Waals surface area contributed by atoms with Gasteiger partial charge in [-0.05, 0) is 106 Å². The van der Waals surface area contributed by atoms with Crippen molar-refractivity contribution >= 4 is 0 Å². The monoisotopic (exact) mass is 508 g/mol. The fraction of sp³-hybridized carbons (Fsp3) is 1.00. The third kappa shape index (κ3) is 7.99. The molecule has 218 valence electrons. The average Bonchev–Trinajstić information content (AvgIpc) is 3.56. The van der Waals surface area contributed by atoms with Crippen molar-refractivity contribution in [3.63, 3.8) is 0 Å². The number of rotatable bonds is 0. The molecule has 36 heavy (non-hydrogen) atoms. The van der Waals surface area contributed by atoms with Gasteiger partial charge in [0.15, 0.2) is 0 Å². The van der Waals surface area contributed by atoms with E-state index in [1.54, 1.807) is 64.2 Å². The van der Waals surface area contributed by atoms with E-state index in [1.807, 2.05) is 83.1 Å². The lowest BCUT2D eigenvalue weighted by atomic mass is 9.53. The van der Waals surface area contributed by atoms with Gasteiger partial charge in [-0.3, -0.25) is 4.90 Å². The van der Waals surface area contributed by atoms with Crippen molar-refractivity contribution in [3.8, 4) is 0 Å². The van der Waals surface area contributed by atoms with E-state index in [4.69, 9.17) is 0 Å². The maximum atomic E-state index is 3.02. The van der Waals surface area contributed by atoms with Crippen LogP contribution in [0, 0.1) is 41.4 Å². The predicted molar refractivity (Wildman–Crippen MR) is 167 cm³/mol. The van der Waals surface area contributed by atoms with Crippen LogP contribution in [0.25, 0.3) is 0 Å². The molecule has 0 N–H and O–H groups in total. The molecule has 2 heterocycles. The van der Waals surface area contributed by atoms with E-state index >= 15 is 0 Å². The van der Waals surface area contributed by atoms with E-state index in [0.29, 0.717) is 0 Å². The first-order valence-electron chi connectivity index (χ1n) is 17.7. The van der Waals surface area contributed by atoms with Crippen molar-refractivity contribution in [2.24, 2.45) is 41.4 Å². The van der Waals surface area contributed by atoms with Crippen molar-refractivity contribution in [3.05, 3.63) is 0 Å². The van der Waals surface area contributed by atoms with Crippen LogP contribution in [0.1, 0.15) is 167 Å². The molecule has 0 radical (unpaired) electrons. The van der Waals surface area contributed by atoms with Gasteiger partial charge in [0.2, 0.25) is 0 Å². The molecule has 0 spiro atoms. The van der Waals surface area contributed by atoms with Gasteiger partial charge in [-0.25, -0.2) is 0 Å². The summed E-state index contributed by atoms with van der Waals surface area (Å²) in [6.07, 6.45) is 20.5. The number of fused-ring (bicyclic) bond motifs is 9. The largest absolute Gasteiger partial charge is 0.297 e. The van der Waals surface area contributed by atoms with Gasteiger partial charge in [-0.15, -0.1) is 0 Å². The molecule has 0 aromatic heterocycles. The summed E-state index contributed by atoms with van der Waals surface area (Å²) >= 11 is 0. The fourth-order valence-corrected chi connectivity index (χ4v) is 9.33. The Morgan fingerprint density at radius 3 is 1.53 bits per heavy atom. The molecule has 6 aliphatic rings. The fourth-order valence-electron chi connectivity index (χ4n) is 9.33. The zero-order valence-corrected chi connectivity index (χ0v) is 27.5. The molecule has 0 amide bonds. The van der Waals surface area contributed by atoms with E-state index in [-0.39, 0.29) is 0 Å². The van der Waals surface area contributed by atoms with Crippen LogP contribution in [-0.4, -0.2) is 23.5 Å². The van der Waals surface area contributed by atoms with Crippen molar-refractivity contribution in [1.82, 2.24) is 4.90 Å². The van der Waals surface area contributed by atoms with E-state index in [9.17, 15) is 0 Å². The highest BCUT2D eigenvalue weighted by Crippen LogP contribution is 2.62. The second kappa shape index (κ2) is 20.9. The lowest BCUT2D eigenvalue weighted by Gasteiger charge is -2.52. The maximum absolute atomic E-state index is 3.02. The molecule has 2 saturated heterocycles. The Labute approximate surface area is 231 Å². The van der Waals surface area contributed by atoms with Crippen LogP contribution in [0.15, 0.2) is 0 Å². The number of piperidine rings is 1. The molecule has 0 aromatic rings. The Morgan fingerprint density at radius 1 is 0.389 bits per heavy atom. The van der Waals surface area contributed by atoms with Gasteiger partial charge < -0.3 is 0 Å². The first-order chi connectivity index (χ1) is 17.9. The Bertz CT molecular complexity index is 485. The Hall–Kier alpha value is -0.0400. The van der Waals surface area contributed by atoms with Crippen LogP contribution in [-0.2, 0) is 0 Å². The molecule has 0 aromatic carbocycles. The number of hydrogen-bond acceptors (Lipinski definition) is 1. The van der Waals surface area contributed by atoms with Crippen LogP contribution in [0.5, 0.6) is 0 Å². The third-order valence-electron chi connectivity index (χ3n) is 10.1. The summed E-state index contributed by atoms with van der Waals surface area (Å²) in [6, 6.07) is 2.02. The molecule has 6 fully saturated rings. The molecule has 6 rings (SSSR count). The summed E-state index contributed by atoms with van der Waals surface area (Å²) in [5.74, 6) is 8.00. The number of nitrogens with zero attached hydrogens (tertiary/aromatic N) is 1. The molecular formula is C35H73N. The van der Waals surface area contributed by atoms with Crippen molar-refractivity contribution < 1.29 is 0 Å².